The van der Waals surface area contributed by atoms with Gasteiger partial charge in [0.15, 0.2) is 11.6 Å². The number of hydrogen-bond acceptors (Lipinski definition) is 3. The highest BCUT2D eigenvalue weighted by Gasteiger charge is 2.40. The summed E-state index contributed by atoms with van der Waals surface area (Å²) in [6, 6.07) is 10.2. The molecule has 1 atom stereocenters. The molecule has 2 aromatic carbocycles. The molecule has 0 bridgehead atoms. The fraction of sp³-hybridized carbons (Fsp3) is 0.250. The number of benzene rings is 2. The molecule has 0 heterocycles. The van der Waals surface area contributed by atoms with Gasteiger partial charge in [0.25, 0.3) is 0 Å². The first kappa shape index (κ1) is 12.9. The van der Waals surface area contributed by atoms with Gasteiger partial charge in [0.05, 0.1) is 7.11 Å². The Morgan fingerprint density at radius 3 is 2.80 bits per heavy atom. The Balaban J connectivity index is 2.17. The number of rotatable bonds is 2. The summed E-state index contributed by atoms with van der Waals surface area (Å²) in [6.07, 6.45) is 1.11. The summed E-state index contributed by atoms with van der Waals surface area (Å²) in [5, 5.41) is 11.0. The number of halogens is 1. The van der Waals surface area contributed by atoms with Crippen molar-refractivity contribution in [2.75, 3.05) is 12.8 Å². The lowest BCUT2D eigenvalue weighted by Crippen LogP contribution is -2.25. The van der Waals surface area contributed by atoms with E-state index < -0.39 is 11.4 Å². The van der Waals surface area contributed by atoms with Gasteiger partial charge in [0.1, 0.15) is 5.60 Å². The van der Waals surface area contributed by atoms with Crippen LogP contribution >= 0.6 is 0 Å². The number of hydrogen-bond donors (Lipinski definition) is 2. The molecule has 0 spiro atoms. The first-order valence-electron chi connectivity index (χ1n) is 6.50. The quantitative estimate of drug-likeness (QED) is 0.827. The maximum atomic E-state index is 14.4. The van der Waals surface area contributed by atoms with E-state index in [1.807, 2.05) is 6.07 Å². The maximum Gasteiger partial charge on any atom is 0.171 e. The maximum absolute atomic E-state index is 14.4. The molecule has 0 aliphatic heterocycles. The molecule has 1 aliphatic carbocycles. The Morgan fingerprint density at radius 1 is 1.25 bits per heavy atom. The number of fused-ring (bicyclic) bond motifs is 1. The Morgan fingerprint density at radius 2 is 2.05 bits per heavy atom. The highest BCUT2D eigenvalue weighted by molar-refractivity contribution is 5.53. The van der Waals surface area contributed by atoms with Gasteiger partial charge >= 0.3 is 0 Å². The van der Waals surface area contributed by atoms with Gasteiger partial charge in [-0.05, 0) is 42.2 Å². The second-order valence-electron chi connectivity index (χ2n) is 5.10. The number of methoxy groups -OCH3 is 1. The molecule has 1 unspecified atom stereocenters. The lowest BCUT2D eigenvalue weighted by Gasteiger charge is -2.25. The van der Waals surface area contributed by atoms with Gasteiger partial charge in [0, 0.05) is 11.3 Å². The highest BCUT2D eigenvalue weighted by Crippen LogP contribution is 2.44. The zero-order valence-electron chi connectivity index (χ0n) is 11.2. The van der Waals surface area contributed by atoms with Crippen LogP contribution in [0.25, 0.3) is 0 Å². The summed E-state index contributed by atoms with van der Waals surface area (Å²) in [6.45, 7) is 0. The minimum Gasteiger partial charge on any atom is -0.494 e. The van der Waals surface area contributed by atoms with Crippen molar-refractivity contribution >= 4 is 5.69 Å². The largest absolute Gasteiger partial charge is 0.494 e. The molecular formula is C16H16FNO2. The first-order chi connectivity index (χ1) is 9.56. The van der Waals surface area contributed by atoms with E-state index in [-0.39, 0.29) is 11.3 Å². The van der Waals surface area contributed by atoms with Gasteiger partial charge in [-0.3, -0.25) is 0 Å². The fourth-order valence-electron chi connectivity index (χ4n) is 2.94. The predicted octanol–water partition coefficient (Wildman–Crippen LogP) is 2.60. The molecule has 20 heavy (non-hydrogen) atoms. The first-order valence-corrected chi connectivity index (χ1v) is 6.50. The fourth-order valence-corrected chi connectivity index (χ4v) is 2.94. The van der Waals surface area contributed by atoms with Gasteiger partial charge < -0.3 is 15.6 Å². The molecule has 3 nitrogen and oxygen atoms in total. The third-order valence-corrected chi connectivity index (χ3v) is 3.96. The lowest BCUT2D eigenvalue weighted by atomic mass is 9.87. The minimum atomic E-state index is -1.32. The molecule has 0 amide bonds. The second-order valence-corrected chi connectivity index (χ2v) is 5.10. The zero-order chi connectivity index (χ0) is 14.3. The van der Waals surface area contributed by atoms with Crippen molar-refractivity contribution in [1.29, 1.82) is 0 Å². The summed E-state index contributed by atoms with van der Waals surface area (Å²) in [4.78, 5) is 0. The van der Waals surface area contributed by atoms with E-state index >= 15 is 0 Å². The summed E-state index contributed by atoms with van der Waals surface area (Å²) in [5.74, 6) is -0.373. The van der Waals surface area contributed by atoms with Crippen LogP contribution < -0.4 is 10.5 Å². The van der Waals surface area contributed by atoms with Crippen LogP contribution in [0.5, 0.6) is 5.75 Å². The number of nitrogens with two attached hydrogens (primary N) is 1. The number of aryl methyl sites for hydroxylation is 1. The average Bonchev–Trinajstić information content (AvgIpc) is 2.77. The van der Waals surface area contributed by atoms with Crippen molar-refractivity contribution in [2.45, 2.75) is 18.4 Å². The predicted molar refractivity (Wildman–Crippen MR) is 75.1 cm³/mol. The molecule has 0 saturated heterocycles. The van der Waals surface area contributed by atoms with Crippen molar-refractivity contribution in [3.8, 4) is 5.75 Å². The van der Waals surface area contributed by atoms with Crippen molar-refractivity contribution < 1.29 is 14.2 Å². The van der Waals surface area contributed by atoms with Crippen LogP contribution in [-0.4, -0.2) is 12.2 Å². The van der Waals surface area contributed by atoms with E-state index in [0.29, 0.717) is 18.5 Å². The molecule has 4 heteroatoms. The number of aliphatic hydroxyl groups is 1. The van der Waals surface area contributed by atoms with Crippen LogP contribution in [-0.2, 0) is 12.0 Å². The van der Waals surface area contributed by atoms with Crippen LogP contribution in [0.1, 0.15) is 23.1 Å². The summed E-state index contributed by atoms with van der Waals surface area (Å²) >= 11 is 0. The van der Waals surface area contributed by atoms with Crippen molar-refractivity contribution in [1.82, 2.24) is 0 Å². The lowest BCUT2D eigenvalue weighted by molar-refractivity contribution is 0.0783. The van der Waals surface area contributed by atoms with Gasteiger partial charge in [-0.2, -0.15) is 0 Å². The molecule has 2 aromatic rings. The van der Waals surface area contributed by atoms with E-state index in [4.69, 9.17) is 10.5 Å². The molecular weight excluding hydrogens is 257 g/mol. The van der Waals surface area contributed by atoms with E-state index in [1.165, 1.54) is 7.11 Å². The van der Waals surface area contributed by atoms with Gasteiger partial charge in [-0.25, -0.2) is 4.39 Å². The van der Waals surface area contributed by atoms with Crippen LogP contribution in [0, 0.1) is 5.82 Å². The number of nitrogen functional groups attached to an aromatic ring is 1. The average molecular weight is 273 g/mol. The molecule has 1 aliphatic rings. The Labute approximate surface area is 116 Å². The van der Waals surface area contributed by atoms with Crippen molar-refractivity contribution in [3.05, 3.63) is 58.9 Å². The minimum absolute atomic E-state index is 0.139. The number of ether oxygens (including phenoxy) is 1. The second kappa shape index (κ2) is 4.49. The topological polar surface area (TPSA) is 55.5 Å². The van der Waals surface area contributed by atoms with Crippen LogP contribution in [0.4, 0.5) is 10.1 Å². The van der Waals surface area contributed by atoms with Gasteiger partial charge in [-0.15, -0.1) is 0 Å². The molecule has 104 valence electrons. The molecule has 0 fully saturated rings. The van der Waals surface area contributed by atoms with E-state index in [1.54, 1.807) is 30.3 Å². The summed E-state index contributed by atoms with van der Waals surface area (Å²) in [5.41, 5.74) is 7.03. The van der Waals surface area contributed by atoms with E-state index in [2.05, 4.69) is 0 Å². The molecule has 0 aromatic heterocycles. The highest BCUT2D eigenvalue weighted by atomic mass is 19.1. The van der Waals surface area contributed by atoms with Crippen LogP contribution in [0.2, 0.25) is 0 Å². The van der Waals surface area contributed by atoms with Gasteiger partial charge in [-0.1, -0.05) is 18.2 Å². The Kier molecular flexibility index (Phi) is 2.91. The third kappa shape index (κ3) is 1.76. The van der Waals surface area contributed by atoms with E-state index in [9.17, 15) is 9.50 Å². The molecule has 0 radical (unpaired) electrons. The third-order valence-electron chi connectivity index (χ3n) is 3.96. The van der Waals surface area contributed by atoms with Crippen molar-refractivity contribution in [3.63, 3.8) is 0 Å². The summed E-state index contributed by atoms with van der Waals surface area (Å²) in [7, 11) is 1.41. The normalized spacial score (nSPS) is 20.8. The zero-order valence-corrected chi connectivity index (χ0v) is 11.2. The SMILES string of the molecule is COc1cccc(C2(O)CCc3cc(N)ccc32)c1F. The molecule has 3 N–H and O–H groups in total. The smallest absolute Gasteiger partial charge is 0.171 e. The Hall–Kier alpha value is -2.07. The van der Waals surface area contributed by atoms with Gasteiger partial charge in [0.2, 0.25) is 0 Å². The van der Waals surface area contributed by atoms with E-state index in [0.717, 1.165) is 11.1 Å². The van der Waals surface area contributed by atoms with Crippen LogP contribution in [0.3, 0.4) is 0 Å². The Bertz CT molecular complexity index is 672. The summed E-state index contributed by atoms with van der Waals surface area (Å²) < 4.78 is 19.4. The monoisotopic (exact) mass is 273 g/mol. The van der Waals surface area contributed by atoms with Crippen molar-refractivity contribution in [2.24, 2.45) is 0 Å². The standard InChI is InChI=1S/C16H16FNO2/c1-20-14-4-2-3-13(15(14)17)16(19)8-7-10-9-11(18)5-6-12(10)16/h2-6,9,19H,7-8,18H2,1H3. The molecule has 3 rings (SSSR count). The molecule has 0 saturated carbocycles. The van der Waals surface area contributed by atoms with Crippen LogP contribution in [0.15, 0.2) is 36.4 Å². The number of anilines is 1.